The molecule has 8 heteroatoms. The highest BCUT2D eigenvalue weighted by Crippen LogP contribution is 2.35. The van der Waals surface area contributed by atoms with Crippen LogP contribution in [-0.2, 0) is 11.3 Å². The number of amides is 1. The molecule has 0 spiro atoms. The normalized spacial score (nSPS) is 20.2. The predicted octanol–water partition coefficient (Wildman–Crippen LogP) is 1.45. The van der Waals surface area contributed by atoms with Gasteiger partial charge in [-0.1, -0.05) is 18.2 Å². The summed E-state index contributed by atoms with van der Waals surface area (Å²) in [6.45, 7) is 1.93. The van der Waals surface area contributed by atoms with Crippen molar-refractivity contribution in [3.05, 3.63) is 71.2 Å². The van der Waals surface area contributed by atoms with Crippen LogP contribution in [0.3, 0.4) is 0 Å². The number of aromatic nitrogens is 4. The maximum absolute atomic E-state index is 12.9. The summed E-state index contributed by atoms with van der Waals surface area (Å²) in [7, 11) is 0. The standard InChI is InChI=1S/C21H21N5O3/c27-20-7-3-5-17-16-8-15(10-26(17)20)9-24(11-16)21(28)12-29-19-6-2-1-4-18(19)25-13-22-23-14-25/h1-7,13-16H,8-12H2. The Morgan fingerprint density at radius 3 is 2.72 bits per heavy atom. The largest absolute Gasteiger partial charge is 0.482 e. The van der Waals surface area contributed by atoms with Crippen molar-refractivity contribution in [2.24, 2.45) is 5.92 Å². The van der Waals surface area contributed by atoms with Gasteiger partial charge in [0.1, 0.15) is 18.4 Å². The van der Waals surface area contributed by atoms with Gasteiger partial charge in [-0.05, 0) is 30.5 Å². The fourth-order valence-corrected chi connectivity index (χ4v) is 4.45. The lowest BCUT2D eigenvalue weighted by molar-refractivity contribution is -0.136. The van der Waals surface area contributed by atoms with E-state index in [9.17, 15) is 9.59 Å². The smallest absolute Gasteiger partial charge is 0.260 e. The lowest BCUT2D eigenvalue weighted by atomic mass is 9.83. The quantitative estimate of drug-likeness (QED) is 0.672. The number of benzene rings is 1. The number of hydrogen-bond donors (Lipinski definition) is 0. The van der Waals surface area contributed by atoms with Gasteiger partial charge in [-0.3, -0.25) is 14.2 Å². The van der Waals surface area contributed by atoms with Crippen LogP contribution in [0, 0.1) is 5.92 Å². The minimum absolute atomic E-state index is 0.0276. The van der Waals surface area contributed by atoms with Crippen molar-refractivity contribution >= 4 is 5.91 Å². The number of rotatable bonds is 4. The van der Waals surface area contributed by atoms with Gasteiger partial charge in [0.2, 0.25) is 0 Å². The first-order valence-electron chi connectivity index (χ1n) is 9.73. The van der Waals surface area contributed by atoms with Crippen molar-refractivity contribution in [2.45, 2.75) is 18.9 Å². The van der Waals surface area contributed by atoms with Crippen LogP contribution in [0.15, 0.2) is 59.9 Å². The summed E-state index contributed by atoms with van der Waals surface area (Å²) in [5.41, 5.74) is 1.87. The maximum atomic E-state index is 12.9. The van der Waals surface area contributed by atoms with Crippen LogP contribution >= 0.6 is 0 Å². The third-order valence-corrected chi connectivity index (χ3v) is 5.75. The van der Waals surface area contributed by atoms with E-state index in [1.54, 1.807) is 29.4 Å². The lowest BCUT2D eigenvalue weighted by Gasteiger charge is -2.42. The van der Waals surface area contributed by atoms with E-state index in [0.717, 1.165) is 17.8 Å². The SMILES string of the molecule is O=C(COc1ccccc1-n1cnnc1)N1CC2CC(C1)c1cccc(=O)n1C2. The molecule has 1 saturated heterocycles. The average molecular weight is 391 g/mol. The number of carbonyl (C=O) groups is 1. The van der Waals surface area contributed by atoms with Gasteiger partial charge < -0.3 is 14.2 Å². The summed E-state index contributed by atoms with van der Waals surface area (Å²) in [4.78, 5) is 26.9. The van der Waals surface area contributed by atoms with Crippen LogP contribution in [0.1, 0.15) is 18.0 Å². The summed E-state index contributed by atoms with van der Waals surface area (Å²) in [6, 6.07) is 12.9. The number of nitrogens with zero attached hydrogens (tertiary/aromatic N) is 5. The monoisotopic (exact) mass is 391 g/mol. The van der Waals surface area contributed by atoms with Gasteiger partial charge in [0.15, 0.2) is 6.61 Å². The van der Waals surface area contributed by atoms with Crippen LogP contribution < -0.4 is 10.3 Å². The molecule has 2 atom stereocenters. The Balaban J connectivity index is 1.29. The van der Waals surface area contributed by atoms with Crippen LogP contribution in [-0.4, -0.2) is 49.8 Å². The second-order valence-electron chi connectivity index (χ2n) is 7.62. The Hall–Kier alpha value is -3.42. The highest BCUT2D eigenvalue weighted by Gasteiger charge is 2.36. The topological polar surface area (TPSA) is 82.2 Å². The molecule has 29 heavy (non-hydrogen) atoms. The van der Waals surface area contributed by atoms with Crippen molar-refractivity contribution in [2.75, 3.05) is 19.7 Å². The van der Waals surface area contributed by atoms with E-state index in [2.05, 4.69) is 10.2 Å². The average Bonchev–Trinajstić information content (AvgIpc) is 3.28. The minimum atomic E-state index is -0.0370. The van der Waals surface area contributed by atoms with Gasteiger partial charge in [-0.25, -0.2) is 0 Å². The predicted molar refractivity (Wildman–Crippen MR) is 105 cm³/mol. The van der Waals surface area contributed by atoms with Crippen LogP contribution in [0.4, 0.5) is 0 Å². The van der Waals surface area contributed by atoms with Gasteiger partial charge in [0, 0.05) is 37.3 Å². The lowest BCUT2D eigenvalue weighted by Crippen LogP contribution is -2.50. The highest BCUT2D eigenvalue weighted by molar-refractivity contribution is 5.78. The molecule has 2 unspecified atom stereocenters. The molecule has 0 radical (unpaired) electrons. The van der Waals surface area contributed by atoms with E-state index >= 15 is 0 Å². The summed E-state index contributed by atoms with van der Waals surface area (Å²) >= 11 is 0. The van der Waals surface area contributed by atoms with Gasteiger partial charge in [0.25, 0.3) is 11.5 Å². The number of ether oxygens (including phenoxy) is 1. The molecular formula is C21H21N5O3. The summed E-state index contributed by atoms with van der Waals surface area (Å²) < 4.78 is 9.48. The highest BCUT2D eigenvalue weighted by atomic mass is 16.5. The number of hydrogen-bond acceptors (Lipinski definition) is 5. The van der Waals surface area contributed by atoms with E-state index in [4.69, 9.17) is 4.74 Å². The fourth-order valence-electron chi connectivity index (χ4n) is 4.45. The summed E-state index contributed by atoms with van der Waals surface area (Å²) in [5, 5.41) is 7.65. The fraction of sp³-hybridized carbons (Fsp3) is 0.333. The van der Waals surface area contributed by atoms with E-state index in [-0.39, 0.29) is 24.0 Å². The Bertz CT molecular complexity index is 1090. The zero-order chi connectivity index (χ0) is 19.8. The number of piperidine rings is 1. The molecular weight excluding hydrogens is 370 g/mol. The van der Waals surface area contributed by atoms with Crippen LogP contribution in [0.2, 0.25) is 0 Å². The zero-order valence-electron chi connectivity index (χ0n) is 15.8. The minimum Gasteiger partial charge on any atom is -0.482 e. The summed E-state index contributed by atoms with van der Waals surface area (Å²) in [5.74, 6) is 1.07. The number of pyridine rings is 1. The first-order valence-corrected chi connectivity index (χ1v) is 9.73. The van der Waals surface area contributed by atoms with Crippen molar-refractivity contribution in [1.82, 2.24) is 24.2 Å². The summed E-state index contributed by atoms with van der Waals surface area (Å²) in [6.07, 6.45) is 4.20. The third-order valence-electron chi connectivity index (χ3n) is 5.75. The van der Waals surface area contributed by atoms with Crippen LogP contribution in [0.5, 0.6) is 5.75 Å². The second kappa shape index (κ2) is 7.20. The molecule has 2 aliphatic rings. The van der Waals surface area contributed by atoms with Crippen molar-refractivity contribution in [3.8, 4) is 11.4 Å². The maximum Gasteiger partial charge on any atom is 0.260 e. The molecule has 4 heterocycles. The first kappa shape index (κ1) is 17.7. The van der Waals surface area contributed by atoms with Gasteiger partial charge in [-0.2, -0.15) is 0 Å². The number of fused-ring (bicyclic) bond motifs is 4. The molecule has 2 bridgehead atoms. The molecule has 2 aliphatic heterocycles. The molecule has 0 aliphatic carbocycles. The molecule has 5 rings (SSSR count). The molecule has 1 aromatic carbocycles. The van der Waals surface area contributed by atoms with Crippen molar-refractivity contribution in [3.63, 3.8) is 0 Å². The Kier molecular flexibility index (Phi) is 4.38. The van der Waals surface area contributed by atoms with Gasteiger partial charge in [-0.15, -0.1) is 10.2 Å². The van der Waals surface area contributed by atoms with E-state index in [1.165, 1.54) is 0 Å². The zero-order valence-corrected chi connectivity index (χ0v) is 15.8. The molecule has 8 nitrogen and oxygen atoms in total. The first-order chi connectivity index (χ1) is 14.2. The van der Waals surface area contributed by atoms with Gasteiger partial charge in [0.05, 0.1) is 5.69 Å². The van der Waals surface area contributed by atoms with E-state index in [1.807, 2.05) is 39.8 Å². The molecule has 1 amide bonds. The van der Waals surface area contributed by atoms with Crippen molar-refractivity contribution < 1.29 is 9.53 Å². The van der Waals surface area contributed by atoms with Gasteiger partial charge >= 0.3 is 0 Å². The molecule has 0 N–H and O–H groups in total. The second-order valence-corrected chi connectivity index (χ2v) is 7.62. The number of para-hydroxylation sites is 2. The Morgan fingerprint density at radius 1 is 1.03 bits per heavy atom. The molecule has 0 saturated carbocycles. The number of likely N-dealkylation sites (tertiary alicyclic amines) is 1. The molecule has 148 valence electrons. The number of carbonyl (C=O) groups excluding carboxylic acids is 1. The molecule has 2 aromatic heterocycles. The van der Waals surface area contributed by atoms with Crippen LogP contribution in [0.25, 0.3) is 5.69 Å². The third kappa shape index (κ3) is 3.30. The van der Waals surface area contributed by atoms with Crippen molar-refractivity contribution in [1.29, 1.82) is 0 Å². The Labute approximate surface area is 167 Å². The van der Waals surface area contributed by atoms with E-state index in [0.29, 0.717) is 31.3 Å². The van der Waals surface area contributed by atoms with E-state index < -0.39 is 0 Å². The molecule has 1 fully saturated rings. The molecule has 3 aromatic rings. The Morgan fingerprint density at radius 2 is 1.86 bits per heavy atom.